The van der Waals surface area contributed by atoms with Gasteiger partial charge in [0.05, 0.1) is 6.54 Å². The van der Waals surface area contributed by atoms with E-state index in [4.69, 9.17) is 0 Å². The van der Waals surface area contributed by atoms with Crippen LogP contribution in [0.1, 0.15) is 12.0 Å². The zero-order valence-electron chi connectivity index (χ0n) is 8.70. The summed E-state index contributed by atoms with van der Waals surface area (Å²) < 4.78 is 13.2. The van der Waals surface area contributed by atoms with Crippen molar-refractivity contribution in [3.05, 3.63) is 41.9 Å². The van der Waals surface area contributed by atoms with Gasteiger partial charge in [0.2, 0.25) is 0 Å². The van der Waals surface area contributed by atoms with Crippen molar-refractivity contribution in [1.29, 1.82) is 0 Å². The molecular formula is C13H11FN2. The van der Waals surface area contributed by atoms with Crippen LogP contribution >= 0.6 is 0 Å². The molecule has 1 N–H and O–H groups in total. The van der Waals surface area contributed by atoms with Crippen molar-refractivity contribution in [3.8, 4) is 0 Å². The van der Waals surface area contributed by atoms with Gasteiger partial charge < -0.3 is 4.98 Å². The van der Waals surface area contributed by atoms with Gasteiger partial charge in [-0.25, -0.2) is 4.39 Å². The molecule has 1 aromatic carbocycles. The summed E-state index contributed by atoms with van der Waals surface area (Å²) in [5, 5.41) is 0.946. The van der Waals surface area contributed by atoms with Crippen LogP contribution < -0.4 is 0 Å². The number of hydrogen-bond acceptors (Lipinski definition) is 1. The van der Waals surface area contributed by atoms with Crippen LogP contribution in [-0.2, 0) is 0 Å². The average molecular weight is 214 g/mol. The summed E-state index contributed by atoms with van der Waals surface area (Å²) in [5.41, 5.74) is 3.27. The van der Waals surface area contributed by atoms with Gasteiger partial charge in [0.1, 0.15) is 5.82 Å². The number of allylic oxidation sites excluding steroid dienone is 1. The zero-order valence-corrected chi connectivity index (χ0v) is 8.70. The third kappa shape index (κ3) is 1.45. The number of hydrogen-bond donors (Lipinski definition) is 1. The van der Waals surface area contributed by atoms with Gasteiger partial charge in [-0.2, -0.15) is 0 Å². The first-order valence-corrected chi connectivity index (χ1v) is 5.29. The number of halogens is 1. The number of fused-ring (bicyclic) bond motifs is 1. The molecule has 0 fully saturated rings. The maximum absolute atomic E-state index is 13.2. The quantitative estimate of drug-likeness (QED) is 0.755. The van der Waals surface area contributed by atoms with Crippen molar-refractivity contribution in [2.75, 3.05) is 6.54 Å². The molecule has 0 saturated heterocycles. The van der Waals surface area contributed by atoms with Crippen LogP contribution in [0.25, 0.3) is 16.5 Å². The minimum atomic E-state index is -0.196. The summed E-state index contributed by atoms with van der Waals surface area (Å²) in [7, 11) is 0. The molecule has 0 aliphatic carbocycles. The Hall–Kier alpha value is -1.90. The molecule has 2 heterocycles. The van der Waals surface area contributed by atoms with Crippen molar-refractivity contribution in [1.82, 2.24) is 4.98 Å². The largest absolute Gasteiger partial charge is 0.361 e. The lowest BCUT2D eigenvalue weighted by Crippen LogP contribution is -1.92. The Bertz CT molecular complexity index is 593. The molecule has 0 radical (unpaired) electrons. The first-order valence-electron chi connectivity index (χ1n) is 5.29. The van der Waals surface area contributed by atoms with E-state index < -0.39 is 0 Å². The molecule has 1 aliphatic heterocycles. The zero-order chi connectivity index (χ0) is 11.0. The number of dihydropyridines is 1. The number of aromatic amines is 1. The highest BCUT2D eigenvalue weighted by Gasteiger charge is 2.09. The molecule has 0 atom stereocenters. The van der Waals surface area contributed by atoms with Crippen LogP contribution in [0.5, 0.6) is 0 Å². The Morgan fingerprint density at radius 2 is 2.25 bits per heavy atom. The molecule has 16 heavy (non-hydrogen) atoms. The molecule has 0 amide bonds. The molecule has 1 aliphatic rings. The van der Waals surface area contributed by atoms with Gasteiger partial charge in [-0.15, -0.1) is 0 Å². The first-order chi connectivity index (χ1) is 7.84. The number of benzene rings is 1. The van der Waals surface area contributed by atoms with Crippen LogP contribution in [0.15, 0.2) is 35.5 Å². The topological polar surface area (TPSA) is 28.1 Å². The van der Waals surface area contributed by atoms with Gasteiger partial charge in [0.25, 0.3) is 0 Å². The Morgan fingerprint density at radius 3 is 3.06 bits per heavy atom. The predicted molar refractivity (Wildman–Crippen MR) is 64.2 cm³/mol. The van der Waals surface area contributed by atoms with Gasteiger partial charge in [-0.3, -0.25) is 4.99 Å². The van der Waals surface area contributed by atoms with E-state index in [1.54, 1.807) is 12.1 Å². The maximum Gasteiger partial charge on any atom is 0.123 e. The molecule has 80 valence electrons. The minimum absolute atomic E-state index is 0.196. The molecule has 1 aromatic heterocycles. The van der Waals surface area contributed by atoms with E-state index in [2.05, 4.69) is 16.1 Å². The summed E-state index contributed by atoms with van der Waals surface area (Å²) in [6.07, 6.45) is 6.76. The minimum Gasteiger partial charge on any atom is -0.361 e. The highest BCUT2D eigenvalue weighted by molar-refractivity contribution is 5.95. The number of nitrogens with one attached hydrogen (secondary N) is 1. The Morgan fingerprint density at radius 1 is 1.31 bits per heavy atom. The number of nitrogens with zero attached hydrogens (tertiary/aromatic N) is 1. The molecule has 3 rings (SSSR count). The van der Waals surface area contributed by atoms with Crippen molar-refractivity contribution < 1.29 is 4.39 Å². The Balaban J connectivity index is 2.16. The van der Waals surface area contributed by atoms with Crippen molar-refractivity contribution in [2.45, 2.75) is 6.42 Å². The van der Waals surface area contributed by atoms with E-state index in [1.165, 1.54) is 11.6 Å². The van der Waals surface area contributed by atoms with E-state index in [0.29, 0.717) is 0 Å². The smallest absolute Gasteiger partial charge is 0.123 e. The van der Waals surface area contributed by atoms with Crippen molar-refractivity contribution in [3.63, 3.8) is 0 Å². The van der Waals surface area contributed by atoms with Crippen LogP contribution in [0.4, 0.5) is 4.39 Å². The first kappa shape index (κ1) is 9.33. The third-order valence-electron chi connectivity index (χ3n) is 2.87. The fourth-order valence-electron chi connectivity index (χ4n) is 2.06. The summed E-state index contributed by atoms with van der Waals surface area (Å²) in [6.45, 7) is 0.720. The van der Waals surface area contributed by atoms with E-state index in [9.17, 15) is 4.39 Å². The monoisotopic (exact) mass is 214 g/mol. The molecule has 0 bridgehead atoms. The number of aliphatic imine (C=N–C) groups is 1. The Labute approximate surface area is 92.5 Å². The lowest BCUT2D eigenvalue weighted by molar-refractivity contribution is 0.629. The molecule has 0 saturated carbocycles. The Kier molecular flexibility index (Phi) is 2.10. The van der Waals surface area contributed by atoms with Crippen LogP contribution in [0, 0.1) is 5.82 Å². The summed E-state index contributed by atoms with van der Waals surface area (Å²) in [5.74, 6) is -0.196. The third-order valence-corrected chi connectivity index (χ3v) is 2.87. The SMILES string of the molecule is Fc1ccc2[nH]cc(C3=CCN=CC3)c2c1. The van der Waals surface area contributed by atoms with E-state index in [0.717, 1.165) is 29.4 Å². The second-order valence-corrected chi connectivity index (χ2v) is 3.87. The number of aromatic nitrogens is 1. The van der Waals surface area contributed by atoms with E-state index >= 15 is 0 Å². The fourth-order valence-corrected chi connectivity index (χ4v) is 2.06. The average Bonchev–Trinajstić information content (AvgIpc) is 2.73. The molecule has 2 nitrogen and oxygen atoms in total. The molecule has 2 aromatic rings. The number of rotatable bonds is 1. The van der Waals surface area contributed by atoms with Crippen molar-refractivity contribution >= 4 is 22.7 Å². The van der Waals surface area contributed by atoms with Gasteiger partial charge in [0, 0.05) is 35.3 Å². The van der Waals surface area contributed by atoms with Gasteiger partial charge in [0.15, 0.2) is 0 Å². The van der Waals surface area contributed by atoms with Crippen LogP contribution in [0.3, 0.4) is 0 Å². The maximum atomic E-state index is 13.2. The second kappa shape index (κ2) is 3.59. The molecule has 0 unspecified atom stereocenters. The lowest BCUT2D eigenvalue weighted by atomic mass is 10.0. The van der Waals surface area contributed by atoms with Gasteiger partial charge in [-0.1, -0.05) is 6.08 Å². The van der Waals surface area contributed by atoms with Crippen molar-refractivity contribution in [2.24, 2.45) is 4.99 Å². The molecule has 3 heteroatoms. The highest BCUT2D eigenvalue weighted by Crippen LogP contribution is 2.28. The highest BCUT2D eigenvalue weighted by atomic mass is 19.1. The number of H-pyrrole nitrogens is 1. The summed E-state index contributed by atoms with van der Waals surface area (Å²) >= 11 is 0. The van der Waals surface area contributed by atoms with Gasteiger partial charge >= 0.3 is 0 Å². The fraction of sp³-hybridized carbons (Fsp3) is 0.154. The van der Waals surface area contributed by atoms with E-state index in [1.807, 2.05) is 12.4 Å². The van der Waals surface area contributed by atoms with Gasteiger partial charge in [-0.05, 0) is 23.8 Å². The van der Waals surface area contributed by atoms with E-state index in [-0.39, 0.29) is 5.82 Å². The lowest BCUT2D eigenvalue weighted by Gasteiger charge is -2.06. The normalized spacial score (nSPS) is 15.4. The standard InChI is InChI=1S/C13H11FN2/c14-10-1-2-13-11(7-10)12(8-16-13)9-3-5-15-6-4-9/h1-3,6-8,16H,4-5H2. The van der Waals surface area contributed by atoms with Crippen LogP contribution in [0.2, 0.25) is 0 Å². The summed E-state index contributed by atoms with van der Waals surface area (Å²) in [4.78, 5) is 7.31. The second-order valence-electron chi connectivity index (χ2n) is 3.87. The summed E-state index contributed by atoms with van der Waals surface area (Å²) in [6, 6.07) is 4.82. The molecular weight excluding hydrogens is 203 g/mol. The predicted octanol–water partition coefficient (Wildman–Crippen LogP) is 3.16. The van der Waals surface area contributed by atoms with Crippen LogP contribution in [-0.4, -0.2) is 17.7 Å². The molecule has 0 spiro atoms.